The van der Waals surface area contributed by atoms with Gasteiger partial charge in [-0.3, -0.25) is 5.10 Å². The van der Waals surface area contributed by atoms with Crippen molar-refractivity contribution in [3.8, 4) is 17.0 Å². The lowest BCUT2D eigenvalue weighted by Crippen LogP contribution is -2.36. The fraction of sp³-hybridized carbons (Fsp3) is 0.280. The summed E-state index contributed by atoms with van der Waals surface area (Å²) in [4.78, 5) is 11.7. The summed E-state index contributed by atoms with van der Waals surface area (Å²) in [5.74, 6) is 1.51. The van der Waals surface area contributed by atoms with Crippen molar-refractivity contribution in [1.82, 2.24) is 29.8 Å². The highest BCUT2D eigenvalue weighted by atomic mass is 16.5. The van der Waals surface area contributed by atoms with Crippen molar-refractivity contribution >= 4 is 33.7 Å². The van der Waals surface area contributed by atoms with Gasteiger partial charge in [0.1, 0.15) is 12.1 Å². The topological polar surface area (TPSA) is 105 Å². The van der Waals surface area contributed by atoms with E-state index in [9.17, 15) is 0 Å². The number of rotatable bonds is 6. The minimum atomic E-state index is 0.298. The van der Waals surface area contributed by atoms with Crippen LogP contribution >= 0.6 is 0 Å². The number of ether oxygens (including phenoxy) is 2. The minimum Gasteiger partial charge on any atom is -0.488 e. The third kappa shape index (κ3) is 3.91. The molecule has 0 bridgehead atoms. The Bertz CT molecular complexity index is 1520. The fourth-order valence-corrected chi connectivity index (χ4v) is 4.40. The lowest BCUT2D eigenvalue weighted by molar-refractivity contribution is 0.122. The molecule has 10 heteroatoms. The molecule has 5 aromatic rings. The summed E-state index contributed by atoms with van der Waals surface area (Å²) in [6.45, 7) is 3.18. The van der Waals surface area contributed by atoms with Gasteiger partial charge in [-0.25, -0.2) is 14.5 Å². The Balaban J connectivity index is 1.25. The van der Waals surface area contributed by atoms with Gasteiger partial charge in [-0.2, -0.15) is 10.2 Å². The molecule has 0 amide bonds. The average Bonchev–Trinajstić information content (AvgIpc) is 3.37. The van der Waals surface area contributed by atoms with Crippen molar-refractivity contribution in [3.63, 3.8) is 0 Å². The third-order valence-corrected chi connectivity index (χ3v) is 6.39. The quantitative estimate of drug-likeness (QED) is 0.388. The smallest absolute Gasteiger partial charge is 0.198 e. The number of aromatic nitrogens is 6. The van der Waals surface area contributed by atoms with E-state index in [4.69, 9.17) is 14.5 Å². The van der Waals surface area contributed by atoms with E-state index in [0.717, 1.165) is 78.4 Å². The predicted octanol–water partition coefficient (Wildman–Crippen LogP) is 3.79. The summed E-state index contributed by atoms with van der Waals surface area (Å²) in [7, 11) is 0. The molecule has 1 aliphatic carbocycles. The number of aromatic amines is 1. The van der Waals surface area contributed by atoms with Gasteiger partial charge >= 0.3 is 0 Å². The highest BCUT2D eigenvalue weighted by Crippen LogP contribution is 2.37. The zero-order chi connectivity index (χ0) is 23.2. The van der Waals surface area contributed by atoms with E-state index in [-0.39, 0.29) is 0 Å². The molecule has 10 nitrogen and oxygen atoms in total. The van der Waals surface area contributed by atoms with Gasteiger partial charge in [0.05, 0.1) is 48.6 Å². The van der Waals surface area contributed by atoms with E-state index in [1.807, 2.05) is 30.6 Å². The second-order valence-corrected chi connectivity index (χ2v) is 8.90. The highest BCUT2D eigenvalue weighted by molar-refractivity contribution is 5.84. The molecular weight excluding hydrogens is 444 g/mol. The molecular formula is C25H24N8O2. The fourth-order valence-electron chi connectivity index (χ4n) is 4.40. The van der Waals surface area contributed by atoms with Crippen LogP contribution in [0.15, 0.2) is 55.1 Å². The van der Waals surface area contributed by atoms with Gasteiger partial charge in [-0.1, -0.05) is 12.1 Å². The molecule has 0 atom stereocenters. The minimum absolute atomic E-state index is 0.298. The summed E-state index contributed by atoms with van der Waals surface area (Å²) in [6, 6.07) is 12.3. The Morgan fingerprint density at radius 1 is 1.09 bits per heavy atom. The zero-order valence-corrected chi connectivity index (χ0v) is 19.0. The SMILES string of the molecule is c1nc2c(Nc3ccc(N4CCOCC4)c(OC4CC4)c3)nc(-c3ccc4cn[nH]c4c3)cn2n1. The first-order chi connectivity index (χ1) is 17.3. The van der Waals surface area contributed by atoms with Crippen LogP contribution in [-0.4, -0.2) is 62.2 Å². The Hall–Kier alpha value is -4.18. The van der Waals surface area contributed by atoms with Crippen LogP contribution in [0, 0.1) is 0 Å². The number of benzene rings is 2. The number of hydrogen-bond donors (Lipinski definition) is 2. The van der Waals surface area contributed by atoms with Crippen LogP contribution in [0.3, 0.4) is 0 Å². The van der Waals surface area contributed by atoms with Gasteiger partial charge in [-0.05, 0) is 31.0 Å². The maximum Gasteiger partial charge on any atom is 0.198 e. The van der Waals surface area contributed by atoms with Crippen LogP contribution in [0.2, 0.25) is 0 Å². The average molecular weight is 469 g/mol. The maximum absolute atomic E-state index is 6.30. The second-order valence-electron chi connectivity index (χ2n) is 8.90. The highest BCUT2D eigenvalue weighted by Gasteiger charge is 2.26. The first kappa shape index (κ1) is 20.2. The zero-order valence-electron chi connectivity index (χ0n) is 19.0. The predicted molar refractivity (Wildman–Crippen MR) is 132 cm³/mol. The van der Waals surface area contributed by atoms with Gasteiger partial charge in [0.25, 0.3) is 0 Å². The Kier molecular flexibility index (Phi) is 4.76. The number of nitrogens with one attached hydrogen (secondary N) is 2. The molecule has 1 aliphatic heterocycles. The summed E-state index contributed by atoms with van der Waals surface area (Å²) in [6.07, 6.45) is 7.73. The number of fused-ring (bicyclic) bond motifs is 2. The summed E-state index contributed by atoms with van der Waals surface area (Å²) >= 11 is 0. The molecule has 3 aromatic heterocycles. The van der Waals surface area contributed by atoms with Crippen molar-refractivity contribution in [2.45, 2.75) is 18.9 Å². The van der Waals surface area contributed by atoms with E-state index < -0.39 is 0 Å². The number of hydrogen-bond acceptors (Lipinski definition) is 8. The molecule has 2 aromatic carbocycles. The largest absolute Gasteiger partial charge is 0.488 e. The van der Waals surface area contributed by atoms with Crippen LogP contribution < -0.4 is 15.0 Å². The number of H-pyrrole nitrogens is 1. The number of morpholine rings is 1. The van der Waals surface area contributed by atoms with Gasteiger partial charge in [0, 0.05) is 35.8 Å². The van der Waals surface area contributed by atoms with Crippen molar-refractivity contribution in [1.29, 1.82) is 0 Å². The van der Waals surface area contributed by atoms with Crippen molar-refractivity contribution in [3.05, 3.63) is 55.1 Å². The molecule has 35 heavy (non-hydrogen) atoms. The molecule has 0 radical (unpaired) electrons. The number of anilines is 3. The monoisotopic (exact) mass is 468 g/mol. The summed E-state index contributed by atoms with van der Waals surface area (Å²) in [5, 5.41) is 16.0. The van der Waals surface area contributed by atoms with Gasteiger partial charge in [0.2, 0.25) is 0 Å². The Labute approximate surface area is 200 Å². The van der Waals surface area contributed by atoms with E-state index in [2.05, 4.69) is 48.7 Å². The normalized spacial score (nSPS) is 16.2. The van der Waals surface area contributed by atoms with Crippen molar-refractivity contribution in [2.24, 2.45) is 0 Å². The molecule has 2 N–H and O–H groups in total. The molecule has 4 heterocycles. The van der Waals surface area contributed by atoms with Crippen LogP contribution in [0.25, 0.3) is 27.8 Å². The summed E-state index contributed by atoms with van der Waals surface area (Å²) in [5.41, 5.74) is 5.34. The van der Waals surface area contributed by atoms with Gasteiger partial charge in [-0.15, -0.1) is 0 Å². The van der Waals surface area contributed by atoms with Gasteiger partial charge < -0.3 is 19.7 Å². The molecule has 7 rings (SSSR count). The molecule has 1 saturated carbocycles. The Morgan fingerprint density at radius 3 is 2.89 bits per heavy atom. The van der Waals surface area contributed by atoms with Crippen LogP contribution in [-0.2, 0) is 4.74 Å². The lowest BCUT2D eigenvalue weighted by Gasteiger charge is -2.30. The van der Waals surface area contributed by atoms with Crippen LogP contribution in [0.4, 0.5) is 17.2 Å². The van der Waals surface area contributed by atoms with Crippen molar-refractivity contribution in [2.75, 3.05) is 36.5 Å². The standard InChI is InChI=1S/C25H24N8O2/c1-2-17-13-27-31-20(17)11-16(1)21-14-33-25(26-15-28-33)24(30-21)29-18-3-6-22(32-7-9-34-10-8-32)23(12-18)35-19-4-5-19/h1-3,6,11-15,19H,4-5,7-10H2,(H,27,31)(H,29,30). The van der Waals surface area contributed by atoms with Gasteiger partial charge in [0.15, 0.2) is 11.5 Å². The molecule has 0 spiro atoms. The lowest BCUT2D eigenvalue weighted by atomic mass is 10.1. The van der Waals surface area contributed by atoms with Crippen molar-refractivity contribution < 1.29 is 9.47 Å². The van der Waals surface area contributed by atoms with Crippen LogP contribution in [0.1, 0.15) is 12.8 Å². The molecule has 1 saturated heterocycles. The van der Waals surface area contributed by atoms with E-state index in [1.54, 1.807) is 4.52 Å². The number of nitrogens with zero attached hydrogens (tertiary/aromatic N) is 6. The molecule has 0 unspecified atom stereocenters. The van der Waals surface area contributed by atoms with E-state index in [1.165, 1.54) is 6.33 Å². The Morgan fingerprint density at radius 2 is 2.00 bits per heavy atom. The second kappa shape index (κ2) is 8.24. The maximum atomic E-state index is 6.30. The molecule has 176 valence electrons. The molecule has 2 aliphatic rings. The first-order valence-corrected chi connectivity index (χ1v) is 11.8. The molecule has 2 fully saturated rings. The van der Waals surface area contributed by atoms with E-state index in [0.29, 0.717) is 17.6 Å². The first-order valence-electron chi connectivity index (χ1n) is 11.8. The van der Waals surface area contributed by atoms with E-state index >= 15 is 0 Å². The third-order valence-electron chi connectivity index (χ3n) is 6.39. The van der Waals surface area contributed by atoms with Crippen LogP contribution in [0.5, 0.6) is 5.75 Å². The summed E-state index contributed by atoms with van der Waals surface area (Å²) < 4.78 is 13.6.